The number of unbranched alkanes of at least 4 members (excludes halogenated alkanes) is 1. The highest BCUT2D eigenvalue weighted by molar-refractivity contribution is 5.73. The predicted octanol–water partition coefficient (Wildman–Crippen LogP) is 11.6. The number of hydrogen-bond donors (Lipinski definition) is 0. The summed E-state index contributed by atoms with van der Waals surface area (Å²) in [6.07, 6.45) is 30.3. The Balaban J connectivity index is 1.65. The number of carbonyl (C=O) groups excluding carboxylic acids is 2. The first-order valence-corrected chi connectivity index (χ1v) is 19.6. The van der Waals surface area contributed by atoms with Crippen LogP contribution in [0.5, 0.6) is 0 Å². The van der Waals surface area contributed by atoms with Crippen LogP contribution in [0.15, 0.2) is 69.9 Å². The molecular weight excluding hydrogens is 606 g/mol. The van der Waals surface area contributed by atoms with Crippen molar-refractivity contribution in [2.75, 3.05) is 32.8 Å². The van der Waals surface area contributed by atoms with E-state index < -0.39 is 0 Å². The molecule has 0 spiro atoms. The van der Waals surface area contributed by atoms with Crippen LogP contribution in [0, 0.1) is 11.8 Å². The Morgan fingerprint density at radius 1 is 0.673 bits per heavy atom. The molecule has 2 aliphatic carbocycles. The van der Waals surface area contributed by atoms with Gasteiger partial charge in [-0.2, -0.15) is 0 Å². The second-order valence-corrected chi connectivity index (χ2v) is 15.0. The third-order valence-corrected chi connectivity index (χ3v) is 9.91. The van der Waals surface area contributed by atoms with Crippen molar-refractivity contribution in [1.29, 1.82) is 0 Å². The van der Waals surface area contributed by atoms with Crippen molar-refractivity contribution in [1.82, 2.24) is 4.90 Å². The number of rotatable bonds is 23. The fourth-order valence-corrected chi connectivity index (χ4v) is 6.55. The summed E-state index contributed by atoms with van der Waals surface area (Å²) in [5, 5.41) is 0. The van der Waals surface area contributed by atoms with Gasteiger partial charge in [0.1, 0.15) is 13.2 Å². The minimum Gasteiger partial charge on any atom is -0.464 e. The van der Waals surface area contributed by atoms with Crippen molar-refractivity contribution in [2.45, 2.75) is 151 Å². The van der Waals surface area contributed by atoms with Crippen molar-refractivity contribution in [3.63, 3.8) is 0 Å². The normalized spacial score (nSPS) is 18.4. The fourth-order valence-electron chi connectivity index (χ4n) is 6.55. The summed E-state index contributed by atoms with van der Waals surface area (Å²) in [7, 11) is 0. The Kier molecular flexibility index (Phi) is 22.0. The van der Waals surface area contributed by atoms with Gasteiger partial charge in [0.15, 0.2) is 0 Å². The number of allylic oxidation sites excluding steroid dienone is 12. The molecule has 5 heteroatoms. The van der Waals surface area contributed by atoms with Crippen molar-refractivity contribution in [3.05, 3.63) is 69.9 Å². The van der Waals surface area contributed by atoms with Gasteiger partial charge in [0.05, 0.1) is 11.8 Å². The lowest BCUT2D eigenvalue weighted by Gasteiger charge is -2.24. The quantitative estimate of drug-likeness (QED) is 0.0796. The van der Waals surface area contributed by atoms with E-state index in [-0.39, 0.29) is 23.8 Å². The zero-order valence-electron chi connectivity index (χ0n) is 32.5. The van der Waals surface area contributed by atoms with Gasteiger partial charge in [-0.1, -0.05) is 83.2 Å². The maximum absolute atomic E-state index is 12.8. The van der Waals surface area contributed by atoms with E-state index in [1.54, 1.807) is 0 Å². The molecule has 2 rings (SSSR count). The van der Waals surface area contributed by atoms with Gasteiger partial charge >= 0.3 is 11.9 Å². The largest absolute Gasteiger partial charge is 0.464 e. The second kappa shape index (κ2) is 25.3. The third kappa shape index (κ3) is 19.9. The molecule has 0 aromatic rings. The first-order valence-electron chi connectivity index (χ1n) is 19.6. The van der Waals surface area contributed by atoms with E-state index in [1.165, 1.54) is 33.4 Å². The molecule has 0 saturated carbocycles. The van der Waals surface area contributed by atoms with Crippen LogP contribution in [0.2, 0.25) is 0 Å². The Hall–Kier alpha value is -2.66. The van der Waals surface area contributed by atoms with Gasteiger partial charge in [-0.05, 0) is 144 Å². The molecule has 0 bridgehead atoms. The van der Waals surface area contributed by atoms with Gasteiger partial charge in [-0.15, -0.1) is 0 Å². The molecule has 0 fully saturated rings. The van der Waals surface area contributed by atoms with Gasteiger partial charge in [-0.3, -0.25) is 14.5 Å². The molecule has 0 radical (unpaired) electrons. The smallest absolute Gasteiger partial charge is 0.309 e. The predicted molar refractivity (Wildman–Crippen MR) is 207 cm³/mol. The lowest BCUT2D eigenvalue weighted by Crippen LogP contribution is -2.34. The van der Waals surface area contributed by atoms with Crippen molar-refractivity contribution < 1.29 is 19.1 Å². The summed E-state index contributed by atoms with van der Waals surface area (Å²) in [4.78, 5) is 27.9. The number of nitrogens with zero attached hydrogens (tertiary/aromatic N) is 1. The van der Waals surface area contributed by atoms with E-state index in [1.807, 2.05) is 0 Å². The molecule has 0 heterocycles. The number of esters is 2. The maximum Gasteiger partial charge on any atom is 0.309 e. The van der Waals surface area contributed by atoms with Crippen LogP contribution in [-0.2, 0) is 19.1 Å². The minimum absolute atomic E-state index is 0.0293. The van der Waals surface area contributed by atoms with Gasteiger partial charge in [0.25, 0.3) is 0 Å². The molecule has 2 unspecified atom stereocenters. The van der Waals surface area contributed by atoms with Crippen LogP contribution in [-0.4, -0.2) is 49.7 Å². The molecule has 0 saturated heterocycles. The average Bonchev–Trinajstić information content (AvgIpc) is 3.07. The molecule has 0 amide bonds. The number of ether oxygens (including phenoxy) is 2. The van der Waals surface area contributed by atoms with Gasteiger partial charge in [0.2, 0.25) is 0 Å². The zero-order chi connectivity index (χ0) is 35.9. The first kappa shape index (κ1) is 42.5. The van der Waals surface area contributed by atoms with Crippen LogP contribution in [0.4, 0.5) is 0 Å². The van der Waals surface area contributed by atoms with E-state index in [4.69, 9.17) is 9.47 Å². The molecule has 49 heavy (non-hydrogen) atoms. The van der Waals surface area contributed by atoms with Crippen molar-refractivity contribution in [3.8, 4) is 0 Å². The van der Waals surface area contributed by atoms with Crippen LogP contribution in [0.25, 0.3) is 0 Å². The Bertz CT molecular complexity index is 1090. The summed E-state index contributed by atoms with van der Waals surface area (Å²) in [5.74, 6) is -0.193. The van der Waals surface area contributed by atoms with E-state index in [0.717, 1.165) is 109 Å². The summed E-state index contributed by atoms with van der Waals surface area (Å²) < 4.78 is 11.5. The molecule has 0 N–H and O–H groups in total. The number of carbonyl (C=O) groups is 2. The highest BCUT2D eigenvalue weighted by Gasteiger charge is 2.24. The molecule has 276 valence electrons. The molecule has 0 aliphatic heterocycles. The molecule has 2 aliphatic rings. The van der Waals surface area contributed by atoms with E-state index in [2.05, 4.69) is 89.8 Å². The topological polar surface area (TPSA) is 55.8 Å². The van der Waals surface area contributed by atoms with E-state index in [0.29, 0.717) is 26.3 Å². The second-order valence-electron chi connectivity index (χ2n) is 15.0. The summed E-state index contributed by atoms with van der Waals surface area (Å²) >= 11 is 0. The Morgan fingerprint density at radius 3 is 1.49 bits per heavy atom. The van der Waals surface area contributed by atoms with Crippen LogP contribution < -0.4 is 0 Å². The van der Waals surface area contributed by atoms with Gasteiger partial charge in [-0.25, -0.2) is 0 Å². The summed E-state index contributed by atoms with van der Waals surface area (Å²) in [6, 6.07) is 0. The molecule has 2 atom stereocenters. The highest BCUT2D eigenvalue weighted by atomic mass is 16.5. The first-order chi connectivity index (χ1) is 23.6. The molecule has 5 nitrogen and oxygen atoms in total. The molecule has 0 aromatic carbocycles. The van der Waals surface area contributed by atoms with Crippen LogP contribution >= 0.6 is 0 Å². The van der Waals surface area contributed by atoms with Gasteiger partial charge < -0.3 is 9.47 Å². The monoisotopic (exact) mass is 678 g/mol. The average molecular weight is 678 g/mol. The lowest BCUT2D eigenvalue weighted by molar-refractivity contribution is -0.149. The molecule has 0 aromatic heterocycles. The van der Waals surface area contributed by atoms with E-state index in [9.17, 15) is 9.59 Å². The number of hydrogen-bond acceptors (Lipinski definition) is 5. The van der Waals surface area contributed by atoms with Gasteiger partial charge in [0, 0.05) is 13.1 Å². The Labute approximate surface area is 301 Å². The standard InChI is InChI=1S/C44H71NO4/c1-8-9-30-45(31-33-48-43(46)41-26-22-39(23-27-41)20-12-18-37(6)16-10-14-35(2)3)32-34-49-44(47)42-28-24-40(25-29-42)21-13-19-38(7)17-11-15-36(4)5/h14-15,18-19,22,24,41-42H,8-13,16-17,20-21,23,25-34H2,1-7H3/b37-18+,38-19+. The summed E-state index contributed by atoms with van der Waals surface area (Å²) in [5.41, 5.74) is 8.66. The SMILES string of the molecule is CCCCN(CCOC(=O)C1CC=C(CC/C=C(\C)CCC=C(C)C)CC1)CCOC(=O)C1CC=C(CC/C=C(\C)CCC=C(C)C)CC1. The fraction of sp³-hybridized carbons (Fsp3) is 0.682. The highest BCUT2D eigenvalue weighted by Crippen LogP contribution is 2.29. The Morgan fingerprint density at radius 2 is 1.12 bits per heavy atom. The van der Waals surface area contributed by atoms with Crippen LogP contribution in [0.3, 0.4) is 0 Å². The van der Waals surface area contributed by atoms with E-state index >= 15 is 0 Å². The lowest BCUT2D eigenvalue weighted by atomic mass is 9.87. The zero-order valence-corrected chi connectivity index (χ0v) is 32.5. The van der Waals surface area contributed by atoms with Crippen molar-refractivity contribution >= 4 is 11.9 Å². The molecular formula is C44H71NO4. The maximum atomic E-state index is 12.8. The summed E-state index contributed by atoms with van der Waals surface area (Å²) in [6.45, 7) is 18.3. The van der Waals surface area contributed by atoms with Crippen LogP contribution in [0.1, 0.15) is 151 Å². The minimum atomic E-state index is -0.0671. The third-order valence-electron chi connectivity index (χ3n) is 9.91. The van der Waals surface area contributed by atoms with Crippen molar-refractivity contribution in [2.24, 2.45) is 11.8 Å².